The highest BCUT2D eigenvalue weighted by Gasteiger charge is 2.45. The molecule has 9 heteroatoms. The van der Waals surface area contributed by atoms with E-state index in [2.05, 4.69) is 9.97 Å². The molecule has 0 bridgehead atoms. The van der Waals surface area contributed by atoms with Crippen molar-refractivity contribution in [3.63, 3.8) is 0 Å². The van der Waals surface area contributed by atoms with Crippen LogP contribution in [0.1, 0.15) is 30.5 Å². The summed E-state index contributed by atoms with van der Waals surface area (Å²) in [6, 6.07) is 6.30. The van der Waals surface area contributed by atoms with Crippen LogP contribution in [-0.4, -0.2) is 35.8 Å². The minimum absolute atomic E-state index is 0.115. The van der Waals surface area contributed by atoms with E-state index in [0.717, 1.165) is 12.1 Å². The van der Waals surface area contributed by atoms with Crippen molar-refractivity contribution in [1.82, 2.24) is 14.3 Å². The lowest BCUT2D eigenvalue weighted by molar-refractivity contribution is 0.228. The van der Waals surface area contributed by atoms with Crippen LogP contribution >= 0.6 is 11.6 Å². The number of H-pyrrole nitrogens is 1. The number of nitrogens with one attached hydrogen (secondary N) is 1. The molecule has 1 spiro atoms. The zero-order valence-electron chi connectivity index (χ0n) is 14.0. The second-order valence-corrected chi connectivity index (χ2v) is 9.29. The fourth-order valence-electron chi connectivity index (χ4n) is 4.09. The Kier molecular flexibility index (Phi) is 4.09. The fourth-order valence-corrected chi connectivity index (χ4v) is 5.83. The molecular formula is C17H19ClN4O3S. The molecule has 0 amide bonds. The molecular weight excluding hydrogens is 376 g/mol. The summed E-state index contributed by atoms with van der Waals surface area (Å²) in [5.41, 5.74) is 6.71. The van der Waals surface area contributed by atoms with Crippen LogP contribution in [0.15, 0.2) is 34.0 Å². The number of sulfonamides is 1. The molecule has 0 radical (unpaired) electrons. The largest absolute Gasteiger partial charge is 0.369 e. The summed E-state index contributed by atoms with van der Waals surface area (Å²) in [4.78, 5) is 19.2. The van der Waals surface area contributed by atoms with Crippen LogP contribution in [0.5, 0.6) is 0 Å². The molecule has 1 aromatic heterocycles. The number of hydrogen-bond donors (Lipinski definition) is 2. The first-order valence-corrected chi connectivity index (χ1v) is 10.3. The molecule has 138 valence electrons. The summed E-state index contributed by atoms with van der Waals surface area (Å²) in [6.45, 7) is 0.755. The molecule has 1 aliphatic heterocycles. The summed E-state index contributed by atoms with van der Waals surface area (Å²) >= 11 is 5.94. The summed E-state index contributed by atoms with van der Waals surface area (Å²) < 4.78 is 27.2. The zero-order chi connectivity index (χ0) is 18.5. The van der Waals surface area contributed by atoms with Gasteiger partial charge in [0.15, 0.2) is 0 Å². The number of piperidine rings is 1. The maximum atomic E-state index is 12.9. The second-order valence-electron chi connectivity index (χ2n) is 6.92. The Morgan fingerprint density at radius 3 is 2.65 bits per heavy atom. The van der Waals surface area contributed by atoms with Gasteiger partial charge >= 0.3 is 0 Å². The highest BCUT2D eigenvalue weighted by atomic mass is 35.5. The Hall–Kier alpha value is -1.90. The second kappa shape index (κ2) is 6.07. The van der Waals surface area contributed by atoms with E-state index in [4.69, 9.17) is 17.3 Å². The molecule has 4 rings (SSSR count). The van der Waals surface area contributed by atoms with Crippen molar-refractivity contribution >= 4 is 27.6 Å². The van der Waals surface area contributed by atoms with Gasteiger partial charge in [0.25, 0.3) is 5.56 Å². The number of anilines is 1. The van der Waals surface area contributed by atoms with Crippen LogP contribution in [0.3, 0.4) is 0 Å². The van der Waals surface area contributed by atoms with E-state index in [9.17, 15) is 13.2 Å². The van der Waals surface area contributed by atoms with Gasteiger partial charge in [0.05, 0.1) is 10.6 Å². The van der Waals surface area contributed by atoms with Crippen LogP contribution in [0, 0.1) is 0 Å². The normalized spacial score (nSPS) is 19.6. The molecule has 0 saturated carbocycles. The number of nitrogens with zero attached hydrogens (tertiary/aromatic N) is 2. The summed E-state index contributed by atoms with van der Waals surface area (Å²) in [5.74, 6) is 0.115. The van der Waals surface area contributed by atoms with E-state index < -0.39 is 10.0 Å². The van der Waals surface area contributed by atoms with Gasteiger partial charge in [0.2, 0.25) is 16.0 Å². The summed E-state index contributed by atoms with van der Waals surface area (Å²) in [6.07, 6.45) is 2.69. The van der Waals surface area contributed by atoms with Crippen LogP contribution in [0.25, 0.3) is 0 Å². The van der Waals surface area contributed by atoms with Gasteiger partial charge in [-0.3, -0.25) is 9.78 Å². The molecule has 1 aliphatic carbocycles. The quantitative estimate of drug-likeness (QED) is 0.805. The smallest absolute Gasteiger partial charge is 0.255 e. The Morgan fingerprint density at radius 1 is 1.23 bits per heavy atom. The average molecular weight is 395 g/mol. The number of nitrogens with two attached hydrogens (primary N) is 1. The maximum Gasteiger partial charge on any atom is 0.255 e. The summed E-state index contributed by atoms with van der Waals surface area (Å²) in [7, 11) is -3.59. The Bertz CT molecular complexity index is 1030. The number of aromatic amines is 1. The van der Waals surface area contributed by atoms with Crippen LogP contribution < -0.4 is 11.3 Å². The fraction of sp³-hybridized carbons (Fsp3) is 0.412. The van der Waals surface area contributed by atoms with Gasteiger partial charge in [0, 0.05) is 29.1 Å². The van der Waals surface area contributed by atoms with E-state index in [1.165, 1.54) is 10.4 Å². The minimum Gasteiger partial charge on any atom is -0.369 e. The van der Waals surface area contributed by atoms with Crippen LogP contribution in [0.4, 0.5) is 5.95 Å². The first-order chi connectivity index (χ1) is 12.3. The topological polar surface area (TPSA) is 109 Å². The molecule has 3 N–H and O–H groups in total. The number of fused-ring (bicyclic) bond motifs is 2. The lowest BCUT2D eigenvalue weighted by atomic mass is 9.77. The lowest BCUT2D eigenvalue weighted by Crippen LogP contribution is -2.44. The number of benzene rings is 1. The van der Waals surface area contributed by atoms with Gasteiger partial charge in [-0.2, -0.15) is 4.31 Å². The van der Waals surface area contributed by atoms with E-state index in [1.807, 2.05) is 0 Å². The highest BCUT2D eigenvalue weighted by Crippen LogP contribution is 2.45. The zero-order valence-corrected chi connectivity index (χ0v) is 15.6. The molecule has 1 aromatic carbocycles. The van der Waals surface area contributed by atoms with E-state index >= 15 is 0 Å². The number of halogens is 1. The molecule has 1 saturated heterocycles. The monoisotopic (exact) mass is 394 g/mol. The van der Waals surface area contributed by atoms with E-state index in [-0.39, 0.29) is 21.8 Å². The first-order valence-electron chi connectivity index (χ1n) is 8.47. The lowest BCUT2D eigenvalue weighted by Gasteiger charge is -2.38. The predicted molar refractivity (Wildman–Crippen MR) is 98.7 cm³/mol. The van der Waals surface area contributed by atoms with Gasteiger partial charge in [-0.15, -0.1) is 0 Å². The molecule has 2 aromatic rings. The Balaban J connectivity index is 1.61. The molecule has 2 heterocycles. The molecule has 2 aliphatic rings. The third kappa shape index (κ3) is 2.72. The highest BCUT2D eigenvalue weighted by molar-refractivity contribution is 7.89. The standard InChI is InChI=1S/C17H19ClN4O3S/c18-11-2-1-3-12(10-11)26(24,25)22-8-6-17(7-9-22)5-4-13-14(17)20-16(19)21-15(13)23/h1-3,10H,4-9H2,(H3,19,20,21,23). The van der Waals surface area contributed by atoms with Crippen molar-refractivity contribution < 1.29 is 8.42 Å². The van der Waals surface area contributed by atoms with Gasteiger partial charge in [0.1, 0.15) is 0 Å². The molecule has 1 fully saturated rings. The van der Waals surface area contributed by atoms with E-state index in [1.54, 1.807) is 18.2 Å². The number of hydrogen-bond acceptors (Lipinski definition) is 5. The third-order valence-electron chi connectivity index (χ3n) is 5.50. The number of nitrogen functional groups attached to an aromatic ring is 1. The van der Waals surface area contributed by atoms with Gasteiger partial charge < -0.3 is 5.73 Å². The third-order valence-corrected chi connectivity index (χ3v) is 7.63. The van der Waals surface area contributed by atoms with Crippen LogP contribution in [-0.2, 0) is 21.9 Å². The van der Waals surface area contributed by atoms with Gasteiger partial charge in [-0.1, -0.05) is 17.7 Å². The van der Waals surface area contributed by atoms with Crippen molar-refractivity contribution in [3.8, 4) is 0 Å². The number of rotatable bonds is 2. The van der Waals surface area contributed by atoms with E-state index in [0.29, 0.717) is 42.9 Å². The van der Waals surface area contributed by atoms with Crippen molar-refractivity contribution in [3.05, 3.63) is 50.9 Å². The van der Waals surface area contributed by atoms with Gasteiger partial charge in [-0.25, -0.2) is 13.4 Å². The van der Waals surface area contributed by atoms with Crippen molar-refractivity contribution in [2.45, 2.75) is 36.0 Å². The van der Waals surface area contributed by atoms with Crippen molar-refractivity contribution in [1.29, 1.82) is 0 Å². The van der Waals surface area contributed by atoms with Crippen molar-refractivity contribution in [2.24, 2.45) is 0 Å². The van der Waals surface area contributed by atoms with Crippen LogP contribution in [0.2, 0.25) is 5.02 Å². The van der Waals surface area contributed by atoms with Crippen molar-refractivity contribution in [2.75, 3.05) is 18.8 Å². The SMILES string of the molecule is Nc1nc2c(c(=O)[nH]1)CCC21CCN(S(=O)(=O)c2cccc(Cl)c2)CC1. The Morgan fingerprint density at radius 2 is 1.96 bits per heavy atom. The predicted octanol–water partition coefficient (Wildman–Crippen LogP) is 1.67. The molecule has 0 unspecified atom stereocenters. The first kappa shape index (κ1) is 17.5. The molecule has 26 heavy (non-hydrogen) atoms. The molecule has 7 nitrogen and oxygen atoms in total. The number of aromatic nitrogens is 2. The minimum atomic E-state index is -3.59. The molecule has 0 atom stereocenters. The van der Waals surface area contributed by atoms with Gasteiger partial charge in [-0.05, 0) is 43.9 Å². The average Bonchev–Trinajstić information content (AvgIpc) is 2.94. The maximum absolute atomic E-state index is 12.9. The summed E-state index contributed by atoms with van der Waals surface area (Å²) in [5, 5.41) is 0.392. The Labute approximate surface area is 156 Å².